The molecule has 2 unspecified atom stereocenters. The van der Waals surface area contributed by atoms with Crippen molar-refractivity contribution in [3.05, 3.63) is 30.4 Å². The van der Waals surface area contributed by atoms with Crippen LogP contribution in [-0.2, 0) is 20.9 Å². The number of ether oxygens (including phenoxy) is 2. The summed E-state index contributed by atoms with van der Waals surface area (Å²) in [6, 6.07) is 3.64. The molecule has 1 saturated heterocycles. The molecule has 1 aliphatic heterocycles. The van der Waals surface area contributed by atoms with E-state index in [-0.39, 0.29) is 31.3 Å². The summed E-state index contributed by atoms with van der Waals surface area (Å²) in [5.41, 5.74) is 0.764. The maximum absolute atomic E-state index is 12.2. The van der Waals surface area contributed by atoms with Crippen molar-refractivity contribution in [3.63, 3.8) is 0 Å². The molecule has 1 amide bonds. The fraction of sp³-hybridized carbons (Fsp3) is 0.500. The molecule has 0 aromatic carbocycles. The Labute approximate surface area is 139 Å². The highest BCUT2D eigenvalue weighted by molar-refractivity contribution is 5.77. The third kappa shape index (κ3) is 4.15. The Morgan fingerprint density at radius 3 is 2.88 bits per heavy atom. The van der Waals surface area contributed by atoms with Crippen LogP contribution in [0.1, 0.15) is 19.7 Å². The number of pyridine rings is 1. The van der Waals surface area contributed by atoms with Crippen molar-refractivity contribution in [1.29, 1.82) is 0 Å². The fourth-order valence-corrected chi connectivity index (χ4v) is 2.62. The molecule has 0 spiro atoms. The van der Waals surface area contributed by atoms with E-state index in [1.165, 1.54) is 0 Å². The number of rotatable bonds is 5. The molecule has 128 valence electrons. The molecule has 2 atom stereocenters. The minimum Gasteiger partial charge on any atom is -0.372 e. The summed E-state index contributed by atoms with van der Waals surface area (Å²) < 4.78 is 16.1. The predicted octanol–water partition coefficient (Wildman–Crippen LogP) is 1.28. The summed E-state index contributed by atoms with van der Waals surface area (Å²) >= 11 is 0. The van der Waals surface area contributed by atoms with Gasteiger partial charge in [0.1, 0.15) is 13.2 Å². The van der Waals surface area contributed by atoms with Gasteiger partial charge in [-0.2, -0.15) is 4.98 Å². The number of aromatic nitrogens is 3. The minimum absolute atomic E-state index is 0.0238. The van der Waals surface area contributed by atoms with Crippen LogP contribution in [0.2, 0.25) is 0 Å². The molecule has 8 heteroatoms. The van der Waals surface area contributed by atoms with Crippen molar-refractivity contribution >= 4 is 5.91 Å². The predicted molar refractivity (Wildman–Crippen MR) is 83.8 cm³/mol. The second-order valence-electron chi connectivity index (χ2n) is 5.80. The smallest absolute Gasteiger partial charge is 0.252 e. The van der Waals surface area contributed by atoms with Gasteiger partial charge in [-0.3, -0.25) is 9.78 Å². The number of hydrogen-bond acceptors (Lipinski definition) is 7. The van der Waals surface area contributed by atoms with Crippen LogP contribution >= 0.6 is 0 Å². The van der Waals surface area contributed by atoms with Crippen LogP contribution in [0.25, 0.3) is 11.4 Å². The van der Waals surface area contributed by atoms with Crippen molar-refractivity contribution in [2.75, 3.05) is 19.7 Å². The number of hydrogen-bond donors (Lipinski definition) is 0. The molecule has 3 heterocycles. The second-order valence-corrected chi connectivity index (χ2v) is 5.80. The molecular weight excluding hydrogens is 312 g/mol. The van der Waals surface area contributed by atoms with Gasteiger partial charge in [0, 0.05) is 31.0 Å². The molecule has 8 nitrogen and oxygen atoms in total. The van der Waals surface area contributed by atoms with E-state index in [4.69, 9.17) is 14.0 Å². The van der Waals surface area contributed by atoms with E-state index in [1.54, 1.807) is 23.4 Å². The lowest BCUT2D eigenvalue weighted by Gasteiger charge is -2.35. The fourth-order valence-electron chi connectivity index (χ4n) is 2.62. The molecule has 1 aliphatic rings. The Morgan fingerprint density at radius 1 is 1.38 bits per heavy atom. The lowest BCUT2D eigenvalue weighted by molar-refractivity contribution is -0.148. The molecule has 24 heavy (non-hydrogen) atoms. The molecule has 0 N–H and O–H groups in total. The maximum Gasteiger partial charge on any atom is 0.252 e. The molecule has 0 bridgehead atoms. The van der Waals surface area contributed by atoms with Gasteiger partial charge < -0.3 is 18.9 Å². The normalized spacial score (nSPS) is 21.0. The van der Waals surface area contributed by atoms with Crippen molar-refractivity contribution in [2.24, 2.45) is 0 Å². The van der Waals surface area contributed by atoms with Crippen molar-refractivity contribution in [3.8, 4) is 11.4 Å². The van der Waals surface area contributed by atoms with E-state index in [9.17, 15) is 4.79 Å². The summed E-state index contributed by atoms with van der Waals surface area (Å²) in [7, 11) is 0. The number of nitrogens with zero attached hydrogens (tertiary/aromatic N) is 4. The Bertz CT molecular complexity index is 666. The van der Waals surface area contributed by atoms with Gasteiger partial charge in [0.15, 0.2) is 0 Å². The van der Waals surface area contributed by atoms with E-state index in [0.717, 1.165) is 5.56 Å². The van der Waals surface area contributed by atoms with Crippen molar-refractivity contribution in [1.82, 2.24) is 20.0 Å². The second kappa shape index (κ2) is 7.50. The van der Waals surface area contributed by atoms with Crippen LogP contribution in [-0.4, -0.2) is 57.8 Å². The molecule has 0 aliphatic carbocycles. The SMILES string of the molecule is CC1CN(C(=O)COCc2nc(-c3cccnc3)no2)CC(C)O1. The molecule has 2 aromatic heterocycles. The summed E-state index contributed by atoms with van der Waals surface area (Å²) in [6.45, 7) is 5.14. The third-order valence-corrected chi connectivity index (χ3v) is 3.61. The molecule has 2 aromatic rings. The van der Waals surface area contributed by atoms with Crippen LogP contribution in [0.3, 0.4) is 0 Å². The average Bonchev–Trinajstić information content (AvgIpc) is 3.03. The van der Waals surface area contributed by atoms with Crippen LogP contribution in [0.15, 0.2) is 29.0 Å². The molecule has 1 fully saturated rings. The van der Waals surface area contributed by atoms with Gasteiger partial charge >= 0.3 is 0 Å². The Morgan fingerprint density at radius 2 is 2.17 bits per heavy atom. The van der Waals surface area contributed by atoms with E-state index in [0.29, 0.717) is 24.8 Å². The number of carbonyl (C=O) groups is 1. The topological polar surface area (TPSA) is 90.6 Å². The van der Waals surface area contributed by atoms with E-state index >= 15 is 0 Å². The zero-order valence-corrected chi connectivity index (χ0v) is 13.7. The molecule has 0 radical (unpaired) electrons. The van der Waals surface area contributed by atoms with Gasteiger partial charge in [-0.25, -0.2) is 0 Å². The van der Waals surface area contributed by atoms with Gasteiger partial charge in [-0.05, 0) is 26.0 Å². The van der Waals surface area contributed by atoms with E-state index < -0.39 is 0 Å². The van der Waals surface area contributed by atoms with Gasteiger partial charge in [-0.15, -0.1) is 0 Å². The zero-order valence-electron chi connectivity index (χ0n) is 13.7. The largest absolute Gasteiger partial charge is 0.372 e. The molecular formula is C16H20N4O4. The average molecular weight is 332 g/mol. The third-order valence-electron chi connectivity index (χ3n) is 3.61. The van der Waals surface area contributed by atoms with Crippen LogP contribution < -0.4 is 0 Å². The van der Waals surface area contributed by atoms with Gasteiger partial charge in [0.25, 0.3) is 5.89 Å². The number of amides is 1. The van der Waals surface area contributed by atoms with Crippen LogP contribution in [0.5, 0.6) is 0 Å². The first-order valence-corrected chi connectivity index (χ1v) is 7.86. The maximum atomic E-state index is 12.2. The molecule has 3 rings (SSSR count). The lowest BCUT2D eigenvalue weighted by atomic mass is 10.2. The van der Waals surface area contributed by atoms with Crippen molar-refractivity contribution < 1.29 is 18.8 Å². The highest BCUT2D eigenvalue weighted by Gasteiger charge is 2.25. The summed E-state index contributed by atoms with van der Waals surface area (Å²) in [5, 5.41) is 3.88. The van der Waals surface area contributed by atoms with E-state index in [2.05, 4.69) is 15.1 Å². The van der Waals surface area contributed by atoms with Gasteiger partial charge in [-0.1, -0.05) is 5.16 Å². The minimum atomic E-state index is -0.0657. The first-order valence-electron chi connectivity index (χ1n) is 7.86. The first kappa shape index (κ1) is 16.5. The Hall–Kier alpha value is -2.32. The number of carbonyl (C=O) groups excluding carboxylic acids is 1. The first-order chi connectivity index (χ1) is 11.6. The lowest BCUT2D eigenvalue weighted by Crippen LogP contribution is -2.49. The Balaban J connectivity index is 1.48. The van der Waals surface area contributed by atoms with Gasteiger partial charge in [0.2, 0.25) is 11.7 Å². The van der Waals surface area contributed by atoms with Crippen LogP contribution in [0, 0.1) is 0 Å². The quantitative estimate of drug-likeness (QED) is 0.814. The zero-order chi connectivity index (χ0) is 16.9. The van der Waals surface area contributed by atoms with Crippen molar-refractivity contribution in [2.45, 2.75) is 32.7 Å². The standard InChI is InChI=1S/C16H20N4O4/c1-11-7-20(8-12(2)23-11)15(21)10-22-9-14-18-16(19-24-14)13-4-3-5-17-6-13/h3-6,11-12H,7-10H2,1-2H3. The molecule has 0 saturated carbocycles. The highest BCUT2D eigenvalue weighted by atomic mass is 16.5. The Kier molecular flexibility index (Phi) is 5.17. The highest BCUT2D eigenvalue weighted by Crippen LogP contribution is 2.14. The van der Waals surface area contributed by atoms with Crippen LogP contribution in [0.4, 0.5) is 0 Å². The summed E-state index contributed by atoms with van der Waals surface area (Å²) in [6.07, 6.45) is 3.40. The van der Waals surface area contributed by atoms with E-state index in [1.807, 2.05) is 19.9 Å². The number of morpholine rings is 1. The monoisotopic (exact) mass is 332 g/mol. The summed E-state index contributed by atoms with van der Waals surface area (Å²) in [5.74, 6) is 0.707. The van der Waals surface area contributed by atoms with Gasteiger partial charge in [0.05, 0.1) is 12.2 Å². The summed E-state index contributed by atoms with van der Waals surface area (Å²) in [4.78, 5) is 22.2.